The van der Waals surface area contributed by atoms with Crippen molar-refractivity contribution in [1.29, 1.82) is 0 Å². The molecule has 2 aromatic carbocycles. The van der Waals surface area contributed by atoms with E-state index >= 15 is 0 Å². The molecule has 0 aromatic heterocycles. The summed E-state index contributed by atoms with van der Waals surface area (Å²) in [7, 11) is 1.66. The molecular formula is C18H19NO2. The molecule has 0 aliphatic carbocycles. The largest absolute Gasteiger partial charge is 0.497 e. The molecule has 1 aliphatic heterocycles. The van der Waals surface area contributed by atoms with Crippen molar-refractivity contribution in [2.45, 2.75) is 19.8 Å². The minimum atomic E-state index is 0.157. The van der Waals surface area contributed by atoms with Crippen LogP contribution in [0.25, 0.3) is 0 Å². The maximum absolute atomic E-state index is 12.5. The number of ether oxygens (including phenoxy) is 1. The highest BCUT2D eigenvalue weighted by molar-refractivity contribution is 5.96. The molecule has 0 unspecified atom stereocenters. The topological polar surface area (TPSA) is 29.5 Å². The highest BCUT2D eigenvalue weighted by Gasteiger charge is 2.24. The second-order valence-corrected chi connectivity index (χ2v) is 5.46. The van der Waals surface area contributed by atoms with E-state index in [1.807, 2.05) is 48.2 Å². The molecule has 2 aromatic rings. The summed E-state index contributed by atoms with van der Waals surface area (Å²) in [6, 6.07) is 14.0. The smallest absolute Gasteiger partial charge is 0.231 e. The third-order valence-electron chi connectivity index (χ3n) is 3.92. The Morgan fingerprint density at radius 1 is 1.24 bits per heavy atom. The number of hydrogen-bond donors (Lipinski definition) is 0. The zero-order valence-corrected chi connectivity index (χ0v) is 12.4. The highest BCUT2D eigenvalue weighted by atomic mass is 16.5. The first-order valence-electron chi connectivity index (χ1n) is 7.20. The molecule has 0 fully saturated rings. The fourth-order valence-electron chi connectivity index (χ4n) is 2.86. The molecule has 1 amide bonds. The number of benzene rings is 2. The number of fused-ring (bicyclic) bond motifs is 1. The summed E-state index contributed by atoms with van der Waals surface area (Å²) in [6.45, 7) is 2.80. The van der Waals surface area contributed by atoms with Crippen molar-refractivity contribution in [3.63, 3.8) is 0 Å². The van der Waals surface area contributed by atoms with Crippen molar-refractivity contribution in [3.8, 4) is 5.75 Å². The molecule has 0 saturated carbocycles. The molecule has 0 N–H and O–H groups in total. The number of anilines is 1. The van der Waals surface area contributed by atoms with Crippen LogP contribution in [0.15, 0.2) is 42.5 Å². The summed E-state index contributed by atoms with van der Waals surface area (Å²) in [5.74, 6) is 1.01. The normalized spacial score (nSPS) is 13.1. The molecule has 0 spiro atoms. The van der Waals surface area contributed by atoms with E-state index in [0.717, 1.165) is 30.0 Å². The van der Waals surface area contributed by atoms with E-state index in [-0.39, 0.29) is 5.91 Å². The van der Waals surface area contributed by atoms with Gasteiger partial charge in [-0.15, -0.1) is 0 Å². The van der Waals surface area contributed by atoms with Gasteiger partial charge in [0.15, 0.2) is 0 Å². The van der Waals surface area contributed by atoms with Crippen LogP contribution in [-0.4, -0.2) is 19.6 Å². The van der Waals surface area contributed by atoms with Gasteiger partial charge in [-0.05, 0) is 42.7 Å². The monoisotopic (exact) mass is 281 g/mol. The molecule has 3 heteroatoms. The highest BCUT2D eigenvalue weighted by Crippen LogP contribution is 2.31. The minimum absolute atomic E-state index is 0.157. The third kappa shape index (κ3) is 2.77. The lowest BCUT2D eigenvalue weighted by molar-refractivity contribution is -0.117. The Hall–Kier alpha value is -2.29. The average molecular weight is 281 g/mol. The number of aryl methyl sites for hydroxylation is 1. The van der Waals surface area contributed by atoms with E-state index in [9.17, 15) is 4.79 Å². The van der Waals surface area contributed by atoms with Gasteiger partial charge in [-0.25, -0.2) is 0 Å². The molecule has 3 rings (SSSR count). The van der Waals surface area contributed by atoms with Crippen molar-refractivity contribution in [3.05, 3.63) is 59.2 Å². The molecule has 108 valence electrons. The second kappa shape index (κ2) is 5.60. The van der Waals surface area contributed by atoms with E-state index in [2.05, 4.69) is 6.07 Å². The zero-order valence-electron chi connectivity index (χ0n) is 12.4. The van der Waals surface area contributed by atoms with Crippen LogP contribution in [0.3, 0.4) is 0 Å². The van der Waals surface area contributed by atoms with Crippen LogP contribution in [0.1, 0.15) is 16.7 Å². The predicted molar refractivity (Wildman–Crippen MR) is 83.9 cm³/mol. The summed E-state index contributed by atoms with van der Waals surface area (Å²) >= 11 is 0. The van der Waals surface area contributed by atoms with Crippen LogP contribution in [0, 0.1) is 6.92 Å². The number of nitrogens with zero attached hydrogens (tertiary/aromatic N) is 1. The van der Waals surface area contributed by atoms with Crippen LogP contribution in [0.4, 0.5) is 5.69 Å². The molecule has 0 radical (unpaired) electrons. The molecule has 21 heavy (non-hydrogen) atoms. The summed E-state index contributed by atoms with van der Waals surface area (Å²) < 4.78 is 5.24. The van der Waals surface area contributed by atoms with E-state index in [1.54, 1.807) is 7.11 Å². The quantitative estimate of drug-likeness (QED) is 0.865. The summed E-state index contributed by atoms with van der Waals surface area (Å²) in [4.78, 5) is 14.4. The van der Waals surface area contributed by atoms with Crippen molar-refractivity contribution in [1.82, 2.24) is 0 Å². The fourth-order valence-corrected chi connectivity index (χ4v) is 2.86. The van der Waals surface area contributed by atoms with Gasteiger partial charge in [0.1, 0.15) is 5.75 Å². The molecule has 3 nitrogen and oxygen atoms in total. The van der Waals surface area contributed by atoms with Gasteiger partial charge in [-0.2, -0.15) is 0 Å². The Labute approximate surface area is 125 Å². The maximum atomic E-state index is 12.5. The van der Waals surface area contributed by atoms with E-state index < -0.39 is 0 Å². The first kappa shape index (κ1) is 13.7. The zero-order chi connectivity index (χ0) is 14.8. The Morgan fingerprint density at radius 3 is 2.86 bits per heavy atom. The third-order valence-corrected chi connectivity index (χ3v) is 3.92. The van der Waals surface area contributed by atoms with Crippen LogP contribution in [-0.2, 0) is 17.6 Å². The van der Waals surface area contributed by atoms with Gasteiger partial charge >= 0.3 is 0 Å². The first-order valence-corrected chi connectivity index (χ1v) is 7.20. The van der Waals surface area contributed by atoms with Gasteiger partial charge in [0.05, 0.1) is 13.5 Å². The van der Waals surface area contributed by atoms with Crippen LogP contribution in [0.5, 0.6) is 5.75 Å². The van der Waals surface area contributed by atoms with Crippen LogP contribution in [0.2, 0.25) is 0 Å². The molecular weight excluding hydrogens is 262 g/mol. The summed E-state index contributed by atoms with van der Waals surface area (Å²) in [5.41, 5.74) is 4.47. The molecule has 0 atom stereocenters. The number of carbonyl (C=O) groups excluding carboxylic acids is 1. The lowest BCUT2D eigenvalue weighted by Crippen LogP contribution is -2.30. The Kier molecular flexibility index (Phi) is 3.65. The number of carbonyl (C=O) groups is 1. The molecule has 1 heterocycles. The number of amides is 1. The van der Waals surface area contributed by atoms with Crippen molar-refractivity contribution >= 4 is 11.6 Å². The minimum Gasteiger partial charge on any atom is -0.497 e. The molecule has 0 bridgehead atoms. The maximum Gasteiger partial charge on any atom is 0.231 e. The van der Waals surface area contributed by atoms with Gasteiger partial charge in [-0.1, -0.05) is 29.8 Å². The van der Waals surface area contributed by atoms with Gasteiger partial charge in [-0.3, -0.25) is 4.79 Å². The van der Waals surface area contributed by atoms with Gasteiger partial charge in [0, 0.05) is 12.2 Å². The number of rotatable bonds is 3. The second-order valence-electron chi connectivity index (χ2n) is 5.46. The average Bonchev–Trinajstić information content (AvgIpc) is 2.90. The van der Waals surface area contributed by atoms with Crippen molar-refractivity contribution < 1.29 is 9.53 Å². The van der Waals surface area contributed by atoms with E-state index in [1.165, 1.54) is 11.1 Å². The van der Waals surface area contributed by atoms with Crippen molar-refractivity contribution in [2.24, 2.45) is 0 Å². The van der Waals surface area contributed by atoms with Crippen LogP contribution >= 0.6 is 0 Å². The molecule has 0 saturated heterocycles. The van der Waals surface area contributed by atoms with Crippen LogP contribution < -0.4 is 9.64 Å². The number of methoxy groups -OCH3 is 1. The lowest BCUT2D eigenvalue weighted by Gasteiger charge is -2.17. The standard InChI is InChI=1S/C18H19NO2/c1-13-4-3-5-14(10-13)11-18(20)19-9-8-15-12-16(21-2)6-7-17(15)19/h3-7,10,12H,8-9,11H2,1-2H3. The van der Waals surface area contributed by atoms with E-state index in [4.69, 9.17) is 4.74 Å². The fraction of sp³-hybridized carbons (Fsp3) is 0.278. The Morgan fingerprint density at radius 2 is 2.10 bits per heavy atom. The van der Waals surface area contributed by atoms with Crippen molar-refractivity contribution in [2.75, 3.05) is 18.6 Å². The predicted octanol–water partition coefficient (Wildman–Crippen LogP) is 3.14. The Bertz CT molecular complexity index is 679. The Balaban J connectivity index is 1.79. The SMILES string of the molecule is COc1ccc2c(c1)CCN2C(=O)Cc1cccc(C)c1. The summed E-state index contributed by atoms with van der Waals surface area (Å²) in [6.07, 6.45) is 1.35. The van der Waals surface area contributed by atoms with E-state index in [0.29, 0.717) is 6.42 Å². The van der Waals surface area contributed by atoms with Gasteiger partial charge in [0.25, 0.3) is 0 Å². The number of hydrogen-bond acceptors (Lipinski definition) is 2. The first-order chi connectivity index (χ1) is 10.2. The van der Waals surface area contributed by atoms with Gasteiger partial charge < -0.3 is 9.64 Å². The lowest BCUT2D eigenvalue weighted by atomic mass is 10.1. The summed E-state index contributed by atoms with van der Waals surface area (Å²) in [5, 5.41) is 0. The molecule has 1 aliphatic rings. The van der Waals surface area contributed by atoms with Gasteiger partial charge in [0.2, 0.25) is 5.91 Å².